The maximum absolute atomic E-state index is 11.6. The molecule has 19 heavy (non-hydrogen) atoms. The predicted molar refractivity (Wildman–Crippen MR) is 71.1 cm³/mol. The second-order valence-corrected chi connectivity index (χ2v) is 4.12. The third-order valence-corrected chi connectivity index (χ3v) is 2.75. The van der Waals surface area contributed by atoms with Gasteiger partial charge in [-0.05, 0) is 18.9 Å². The van der Waals surface area contributed by atoms with Crippen molar-refractivity contribution in [2.24, 2.45) is 0 Å². The minimum atomic E-state index is -0.503. The third-order valence-electron chi connectivity index (χ3n) is 2.75. The van der Waals surface area contributed by atoms with Crippen molar-refractivity contribution in [2.75, 3.05) is 6.61 Å². The summed E-state index contributed by atoms with van der Waals surface area (Å²) in [4.78, 5) is 21.7. The maximum Gasteiger partial charge on any atom is 0.273 e. The lowest BCUT2D eigenvalue weighted by Crippen LogP contribution is -2.37. The Balaban J connectivity index is 2.50. The van der Waals surface area contributed by atoms with Crippen molar-refractivity contribution in [3.63, 3.8) is 0 Å². The first kappa shape index (κ1) is 14.9. The number of nitrogens with zero attached hydrogens (tertiary/aromatic N) is 1. The van der Waals surface area contributed by atoms with E-state index in [0.29, 0.717) is 5.75 Å². The molecule has 6 nitrogen and oxygen atoms in total. The Morgan fingerprint density at radius 1 is 1.42 bits per heavy atom. The summed E-state index contributed by atoms with van der Waals surface area (Å²) in [5.74, 6) is 0.0918. The minimum Gasteiger partial charge on any atom is -0.484 e. The maximum atomic E-state index is 11.6. The molecule has 0 atom stereocenters. The van der Waals surface area contributed by atoms with Crippen molar-refractivity contribution in [3.05, 3.63) is 34.4 Å². The molecule has 0 radical (unpaired) electrons. The molecule has 0 aliphatic rings. The fourth-order valence-corrected chi connectivity index (χ4v) is 1.60. The van der Waals surface area contributed by atoms with Crippen molar-refractivity contribution in [2.45, 2.75) is 32.7 Å². The summed E-state index contributed by atoms with van der Waals surface area (Å²) >= 11 is 0. The molecule has 0 fully saturated rings. The van der Waals surface area contributed by atoms with Gasteiger partial charge in [0.15, 0.2) is 6.61 Å². The molecule has 1 N–H and O–H groups in total. The highest BCUT2D eigenvalue weighted by Crippen LogP contribution is 2.18. The van der Waals surface area contributed by atoms with Crippen LogP contribution < -0.4 is 10.1 Å². The first-order chi connectivity index (χ1) is 9.06. The molecule has 0 aliphatic carbocycles. The Morgan fingerprint density at radius 2 is 2.11 bits per heavy atom. The molecule has 104 valence electrons. The smallest absolute Gasteiger partial charge is 0.273 e. The van der Waals surface area contributed by atoms with E-state index >= 15 is 0 Å². The molecule has 0 heterocycles. The molecule has 0 saturated carbocycles. The quantitative estimate of drug-likeness (QED) is 0.606. The van der Waals surface area contributed by atoms with Gasteiger partial charge in [0.1, 0.15) is 5.75 Å². The van der Waals surface area contributed by atoms with Gasteiger partial charge in [-0.15, -0.1) is 0 Å². The van der Waals surface area contributed by atoms with Crippen LogP contribution in [0.15, 0.2) is 24.3 Å². The van der Waals surface area contributed by atoms with Crippen LogP contribution in [0.4, 0.5) is 5.69 Å². The van der Waals surface area contributed by atoms with Gasteiger partial charge in [0.05, 0.1) is 11.0 Å². The summed E-state index contributed by atoms with van der Waals surface area (Å²) in [5, 5.41) is 13.4. The van der Waals surface area contributed by atoms with E-state index in [-0.39, 0.29) is 24.2 Å². The molecular weight excluding hydrogens is 248 g/mol. The van der Waals surface area contributed by atoms with E-state index in [2.05, 4.69) is 5.32 Å². The molecule has 0 aromatic heterocycles. The number of carbonyl (C=O) groups excluding carboxylic acids is 1. The number of hydrogen-bond donors (Lipinski definition) is 1. The second kappa shape index (κ2) is 7.35. The van der Waals surface area contributed by atoms with Gasteiger partial charge < -0.3 is 10.1 Å². The number of carbonyl (C=O) groups is 1. The summed E-state index contributed by atoms with van der Waals surface area (Å²) < 4.78 is 5.23. The van der Waals surface area contributed by atoms with Crippen LogP contribution in [0.2, 0.25) is 0 Å². The van der Waals surface area contributed by atoms with Gasteiger partial charge in [0, 0.05) is 12.1 Å². The molecule has 6 heteroatoms. The van der Waals surface area contributed by atoms with Crippen LogP contribution in [0.3, 0.4) is 0 Å². The number of benzene rings is 1. The summed E-state index contributed by atoms with van der Waals surface area (Å²) in [7, 11) is 0. The Kier molecular flexibility index (Phi) is 5.78. The predicted octanol–water partition coefficient (Wildman–Crippen LogP) is 2.28. The highest BCUT2D eigenvalue weighted by atomic mass is 16.6. The fraction of sp³-hybridized carbons (Fsp3) is 0.462. The third kappa shape index (κ3) is 4.95. The molecule has 0 bridgehead atoms. The average molecular weight is 266 g/mol. The van der Waals surface area contributed by atoms with Crippen molar-refractivity contribution >= 4 is 11.6 Å². The molecule has 1 rings (SSSR count). The number of ether oxygens (including phenoxy) is 1. The molecule has 0 unspecified atom stereocenters. The zero-order valence-corrected chi connectivity index (χ0v) is 11.1. The van der Waals surface area contributed by atoms with E-state index in [0.717, 1.165) is 12.8 Å². The highest BCUT2D eigenvalue weighted by Gasteiger charge is 2.10. The molecule has 0 spiro atoms. The van der Waals surface area contributed by atoms with E-state index in [4.69, 9.17) is 4.74 Å². The van der Waals surface area contributed by atoms with Crippen LogP contribution in [0, 0.1) is 10.1 Å². The van der Waals surface area contributed by atoms with Crippen molar-refractivity contribution in [1.29, 1.82) is 0 Å². The van der Waals surface area contributed by atoms with Crippen LogP contribution >= 0.6 is 0 Å². The lowest BCUT2D eigenvalue weighted by atomic mass is 10.2. The first-order valence-electron chi connectivity index (χ1n) is 6.23. The van der Waals surface area contributed by atoms with Crippen molar-refractivity contribution < 1.29 is 14.5 Å². The molecule has 0 aliphatic heterocycles. The highest BCUT2D eigenvalue weighted by molar-refractivity contribution is 5.77. The van der Waals surface area contributed by atoms with E-state index < -0.39 is 4.92 Å². The number of nitro benzene ring substituents is 1. The molecule has 0 saturated heterocycles. The normalized spacial score (nSPS) is 10.3. The van der Waals surface area contributed by atoms with Crippen LogP contribution in [-0.2, 0) is 4.79 Å². The summed E-state index contributed by atoms with van der Waals surface area (Å²) in [6, 6.07) is 5.91. The van der Waals surface area contributed by atoms with Crippen LogP contribution in [0.5, 0.6) is 5.75 Å². The summed E-state index contributed by atoms with van der Waals surface area (Å²) in [6.07, 6.45) is 1.72. The van der Waals surface area contributed by atoms with E-state index in [1.165, 1.54) is 18.2 Å². The Hall–Kier alpha value is -2.11. The van der Waals surface area contributed by atoms with E-state index in [9.17, 15) is 14.9 Å². The van der Waals surface area contributed by atoms with Gasteiger partial charge in [-0.2, -0.15) is 0 Å². The lowest BCUT2D eigenvalue weighted by molar-refractivity contribution is -0.384. The number of amides is 1. The van der Waals surface area contributed by atoms with Crippen molar-refractivity contribution in [1.82, 2.24) is 5.32 Å². The van der Waals surface area contributed by atoms with Gasteiger partial charge >= 0.3 is 0 Å². The van der Waals surface area contributed by atoms with Gasteiger partial charge in [-0.25, -0.2) is 0 Å². The Morgan fingerprint density at radius 3 is 2.68 bits per heavy atom. The lowest BCUT2D eigenvalue weighted by Gasteiger charge is -2.14. The minimum absolute atomic E-state index is 0.0575. The monoisotopic (exact) mass is 266 g/mol. The first-order valence-corrected chi connectivity index (χ1v) is 6.23. The molecule has 1 amide bonds. The summed E-state index contributed by atoms with van der Waals surface area (Å²) in [6.45, 7) is 3.85. The average Bonchev–Trinajstić information content (AvgIpc) is 2.42. The molecule has 1 aromatic carbocycles. The molecule has 1 aromatic rings. The number of rotatable bonds is 7. The largest absolute Gasteiger partial charge is 0.484 e. The Bertz CT molecular complexity index is 444. The van der Waals surface area contributed by atoms with Crippen LogP contribution in [0.1, 0.15) is 26.7 Å². The van der Waals surface area contributed by atoms with Gasteiger partial charge in [0.25, 0.3) is 11.6 Å². The number of nitro groups is 1. The van der Waals surface area contributed by atoms with Crippen LogP contribution in [0.25, 0.3) is 0 Å². The van der Waals surface area contributed by atoms with E-state index in [1.54, 1.807) is 6.07 Å². The Labute approximate surface area is 111 Å². The standard InChI is InChI=1S/C13H18N2O4/c1-3-10(4-2)14-13(16)9-19-12-7-5-6-11(8-12)15(17)18/h5-8,10H,3-4,9H2,1-2H3,(H,14,16). The van der Waals surface area contributed by atoms with Gasteiger partial charge in [-0.1, -0.05) is 19.9 Å². The number of nitrogens with one attached hydrogen (secondary N) is 1. The van der Waals surface area contributed by atoms with Gasteiger partial charge in [-0.3, -0.25) is 14.9 Å². The fourth-order valence-electron chi connectivity index (χ4n) is 1.60. The van der Waals surface area contributed by atoms with Crippen LogP contribution in [-0.4, -0.2) is 23.5 Å². The second-order valence-electron chi connectivity index (χ2n) is 4.12. The van der Waals surface area contributed by atoms with Crippen molar-refractivity contribution in [3.8, 4) is 5.75 Å². The van der Waals surface area contributed by atoms with Gasteiger partial charge in [0.2, 0.25) is 0 Å². The van der Waals surface area contributed by atoms with E-state index in [1.807, 2.05) is 13.8 Å². The number of non-ortho nitro benzene ring substituents is 1. The zero-order valence-electron chi connectivity index (χ0n) is 11.1. The number of hydrogen-bond acceptors (Lipinski definition) is 4. The topological polar surface area (TPSA) is 81.5 Å². The SMILES string of the molecule is CCC(CC)NC(=O)COc1cccc([N+](=O)[O-])c1. The zero-order chi connectivity index (χ0) is 14.3. The summed E-state index contributed by atoms with van der Waals surface area (Å²) in [5.41, 5.74) is -0.0575. The molecular formula is C13H18N2O4.